The van der Waals surface area contributed by atoms with Crippen LogP contribution in [0.1, 0.15) is 15.9 Å². The van der Waals surface area contributed by atoms with Gasteiger partial charge in [-0.05, 0) is 47.0 Å². The molecule has 24 heavy (non-hydrogen) atoms. The molecule has 0 saturated carbocycles. The lowest BCUT2D eigenvalue weighted by Crippen LogP contribution is -2.25. The average molecular weight is 347 g/mol. The summed E-state index contributed by atoms with van der Waals surface area (Å²) < 4.78 is 30.0. The molecule has 0 saturated heterocycles. The molecule has 0 atom stereocenters. The molecule has 3 rings (SSSR count). The Hall–Kier alpha value is -2.47. The molecule has 0 spiro atoms. The highest BCUT2D eigenvalue weighted by Crippen LogP contribution is 2.25. The Kier molecular flexibility index (Phi) is 5.05. The number of benzene rings is 2. The molecule has 3 aromatic rings. The molecule has 124 valence electrons. The minimum absolute atomic E-state index is 0.0264. The molecule has 0 aliphatic carbocycles. The molecule has 2 aromatic carbocycles. The summed E-state index contributed by atoms with van der Waals surface area (Å²) in [6.45, 7) is -2.44. The van der Waals surface area contributed by atoms with Crippen molar-refractivity contribution in [3.8, 4) is 5.75 Å². The minimum Gasteiger partial charge on any atom is -0.435 e. The summed E-state index contributed by atoms with van der Waals surface area (Å²) in [6, 6.07) is 13.9. The van der Waals surface area contributed by atoms with E-state index in [1.54, 1.807) is 17.4 Å². The van der Waals surface area contributed by atoms with Crippen molar-refractivity contribution in [1.29, 1.82) is 0 Å². The molecule has 6 heteroatoms. The van der Waals surface area contributed by atoms with E-state index in [-0.39, 0.29) is 11.7 Å². The highest BCUT2D eigenvalue weighted by Gasteiger charge is 2.10. The average Bonchev–Trinajstić information content (AvgIpc) is 2.98. The van der Waals surface area contributed by atoms with Crippen LogP contribution >= 0.6 is 11.3 Å². The zero-order valence-corrected chi connectivity index (χ0v) is 13.5. The van der Waals surface area contributed by atoms with Gasteiger partial charge in [0.1, 0.15) is 5.75 Å². The van der Waals surface area contributed by atoms with E-state index in [4.69, 9.17) is 0 Å². The molecule has 1 heterocycles. The number of carbonyl (C=O) groups is 1. The molecule has 0 aliphatic heterocycles. The number of halogens is 2. The van der Waals surface area contributed by atoms with E-state index >= 15 is 0 Å². The summed E-state index contributed by atoms with van der Waals surface area (Å²) in [5.41, 5.74) is 1.48. The number of rotatable bonds is 6. The van der Waals surface area contributed by atoms with Crippen molar-refractivity contribution in [3.63, 3.8) is 0 Å². The van der Waals surface area contributed by atoms with Gasteiger partial charge in [0.15, 0.2) is 0 Å². The number of amides is 1. The summed E-state index contributed by atoms with van der Waals surface area (Å²) in [4.78, 5) is 12.1. The number of carbonyl (C=O) groups excluding carboxylic acids is 1. The molecule has 0 fully saturated rings. The highest BCUT2D eigenvalue weighted by atomic mass is 32.1. The minimum atomic E-state index is -2.91. The van der Waals surface area contributed by atoms with Gasteiger partial charge in [0.25, 0.3) is 5.91 Å². The molecule has 0 aliphatic rings. The Labute approximate surface area is 141 Å². The highest BCUT2D eigenvalue weighted by molar-refractivity contribution is 7.17. The van der Waals surface area contributed by atoms with Crippen LogP contribution in [0.25, 0.3) is 10.1 Å². The maximum absolute atomic E-state index is 12.2. The third kappa shape index (κ3) is 3.89. The molecular weight excluding hydrogens is 332 g/mol. The van der Waals surface area contributed by atoms with Gasteiger partial charge in [-0.2, -0.15) is 8.78 Å². The third-order valence-electron chi connectivity index (χ3n) is 3.56. The van der Waals surface area contributed by atoms with E-state index in [1.165, 1.54) is 33.8 Å². The van der Waals surface area contributed by atoms with Crippen LogP contribution in [0.5, 0.6) is 5.75 Å². The van der Waals surface area contributed by atoms with Crippen LogP contribution in [0, 0.1) is 0 Å². The summed E-state index contributed by atoms with van der Waals surface area (Å²) in [5, 5.41) is 6.09. The van der Waals surface area contributed by atoms with Gasteiger partial charge >= 0.3 is 6.61 Å². The van der Waals surface area contributed by atoms with Crippen molar-refractivity contribution >= 4 is 27.3 Å². The van der Waals surface area contributed by atoms with E-state index in [0.717, 1.165) is 0 Å². The van der Waals surface area contributed by atoms with Gasteiger partial charge in [-0.1, -0.05) is 24.3 Å². The fourth-order valence-electron chi connectivity index (χ4n) is 2.45. The first-order valence-corrected chi connectivity index (χ1v) is 8.29. The molecule has 0 radical (unpaired) electrons. The van der Waals surface area contributed by atoms with Crippen molar-refractivity contribution < 1.29 is 18.3 Å². The third-order valence-corrected chi connectivity index (χ3v) is 4.57. The van der Waals surface area contributed by atoms with E-state index in [9.17, 15) is 13.6 Å². The molecule has 1 aromatic heterocycles. The van der Waals surface area contributed by atoms with Crippen molar-refractivity contribution in [1.82, 2.24) is 5.32 Å². The number of alkyl halides is 2. The molecule has 0 unspecified atom stereocenters. The van der Waals surface area contributed by atoms with Crippen molar-refractivity contribution in [2.24, 2.45) is 0 Å². The largest absolute Gasteiger partial charge is 0.435 e. The summed E-state index contributed by atoms with van der Waals surface area (Å²) >= 11 is 1.68. The van der Waals surface area contributed by atoms with Gasteiger partial charge in [-0.25, -0.2) is 0 Å². The van der Waals surface area contributed by atoms with Crippen LogP contribution in [0.15, 0.2) is 53.9 Å². The van der Waals surface area contributed by atoms with E-state index < -0.39 is 6.61 Å². The van der Waals surface area contributed by atoms with Crippen LogP contribution in [0.4, 0.5) is 8.78 Å². The number of nitrogens with one attached hydrogen (secondary N) is 1. The van der Waals surface area contributed by atoms with Crippen LogP contribution in [0.2, 0.25) is 0 Å². The fourth-order valence-corrected chi connectivity index (χ4v) is 3.45. The van der Waals surface area contributed by atoms with Crippen LogP contribution < -0.4 is 10.1 Å². The van der Waals surface area contributed by atoms with E-state index in [2.05, 4.69) is 27.6 Å². The lowest BCUT2D eigenvalue weighted by Gasteiger charge is -2.08. The lowest BCUT2D eigenvalue weighted by atomic mass is 10.1. The number of ether oxygens (including phenoxy) is 1. The Balaban J connectivity index is 1.59. The van der Waals surface area contributed by atoms with Crippen molar-refractivity contribution in [3.05, 3.63) is 65.0 Å². The normalized spacial score (nSPS) is 11.0. The van der Waals surface area contributed by atoms with Crippen molar-refractivity contribution in [2.75, 3.05) is 6.54 Å². The van der Waals surface area contributed by atoms with Gasteiger partial charge in [0, 0.05) is 16.8 Å². The maximum atomic E-state index is 12.2. The number of thiophene rings is 1. The predicted molar refractivity (Wildman–Crippen MR) is 90.9 cm³/mol. The topological polar surface area (TPSA) is 38.3 Å². The second kappa shape index (κ2) is 7.40. The first-order valence-electron chi connectivity index (χ1n) is 7.41. The van der Waals surface area contributed by atoms with Gasteiger partial charge in [0.2, 0.25) is 0 Å². The first kappa shape index (κ1) is 16.4. The molecular formula is C18H15F2NO2S. The van der Waals surface area contributed by atoms with Gasteiger partial charge < -0.3 is 10.1 Å². The van der Waals surface area contributed by atoms with Crippen LogP contribution in [-0.4, -0.2) is 19.1 Å². The lowest BCUT2D eigenvalue weighted by molar-refractivity contribution is -0.0498. The summed E-state index contributed by atoms with van der Waals surface area (Å²) in [5.74, 6) is -0.337. The smallest absolute Gasteiger partial charge is 0.387 e. The number of hydrogen-bond acceptors (Lipinski definition) is 3. The van der Waals surface area contributed by atoms with Gasteiger partial charge in [-0.3, -0.25) is 4.79 Å². The molecule has 0 bridgehead atoms. The number of fused-ring (bicyclic) bond motifs is 1. The van der Waals surface area contributed by atoms with Gasteiger partial charge in [-0.15, -0.1) is 11.3 Å². The Morgan fingerprint density at radius 1 is 1.17 bits per heavy atom. The summed E-state index contributed by atoms with van der Waals surface area (Å²) in [6.07, 6.45) is 0.711. The maximum Gasteiger partial charge on any atom is 0.387 e. The standard InChI is InChI=1S/C18H15F2NO2S/c19-18(20)23-14-5-3-4-12(10-14)17(22)21-9-8-13-11-24-16-7-2-1-6-15(13)16/h1-7,10-11,18H,8-9H2,(H,21,22). The second-order valence-electron chi connectivity index (χ2n) is 5.17. The molecule has 1 amide bonds. The van der Waals surface area contributed by atoms with Crippen LogP contribution in [-0.2, 0) is 6.42 Å². The second-order valence-corrected chi connectivity index (χ2v) is 6.08. The molecule has 3 nitrogen and oxygen atoms in total. The number of hydrogen-bond donors (Lipinski definition) is 1. The van der Waals surface area contributed by atoms with Crippen molar-refractivity contribution in [2.45, 2.75) is 13.0 Å². The Morgan fingerprint density at radius 3 is 2.83 bits per heavy atom. The zero-order chi connectivity index (χ0) is 16.9. The SMILES string of the molecule is O=C(NCCc1csc2ccccc12)c1cccc(OC(F)F)c1. The Morgan fingerprint density at radius 2 is 2.00 bits per heavy atom. The van der Waals surface area contributed by atoms with E-state index in [1.807, 2.05) is 12.1 Å². The molecule has 1 N–H and O–H groups in total. The quantitative estimate of drug-likeness (QED) is 0.714. The zero-order valence-electron chi connectivity index (χ0n) is 12.7. The van der Waals surface area contributed by atoms with Gasteiger partial charge in [0.05, 0.1) is 0 Å². The van der Waals surface area contributed by atoms with E-state index in [0.29, 0.717) is 18.5 Å². The summed E-state index contributed by atoms with van der Waals surface area (Å²) in [7, 11) is 0. The predicted octanol–water partition coefficient (Wildman–Crippen LogP) is 4.48. The fraction of sp³-hybridized carbons (Fsp3) is 0.167. The monoisotopic (exact) mass is 347 g/mol. The Bertz CT molecular complexity index is 848. The van der Waals surface area contributed by atoms with Crippen LogP contribution in [0.3, 0.4) is 0 Å². The first-order chi connectivity index (χ1) is 11.6.